The number of ether oxygens (including phenoxy) is 2. The molecule has 0 atom stereocenters. The summed E-state index contributed by atoms with van der Waals surface area (Å²) < 4.78 is 10.2. The summed E-state index contributed by atoms with van der Waals surface area (Å²) in [6.07, 6.45) is 1.44. The highest BCUT2D eigenvalue weighted by molar-refractivity contribution is 5.84. The lowest BCUT2D eigenvalue weighted by Gasteiger charge is -2.08. The van der Waals surface area contributed by atoms with Crippen molar-refractivity contribution in [3.05, 3.63) is 60.2 Å². The van der Waals surface area contributed by atoms with Gasteiger partial charge in [-0.3, -0.25) is 5.32 Å². The van der Waals surface area contributed by atoms with Gasteiger partial charge in [0.25, 0.3) is 0 Å². The van der Waals surface area contributed by atoms with E-state index in [-0.39, 0.29) is 0 Å². The summed E-state index contributed by atoms with van der Waals surface area (Å²) in [5.74, 6) is 0.733. The van der Waals surface area contributed by atoms with Gasteiger partial charge in [-0.2, -0.15) is 0 Å². The van der Waals surface area contributed by atoms with Crippen LogP contribution in [-0.4, -0.2) is 19.8 Å². The first-order valence-electron chi connectivity index (χ1n) is 6.89. The molecule has 0 saturated carbocycles. The highest BCUT2D eigenvalue weighted by Crippen LogP contribution is 2.17. The van der Waals surface area contributed by atoms with Crippen LogP contribution in [0.5, 0.6) is 5.75 Å². The highest BCUT2D eigenvalue weighted by atomic mass is 16.5. The largest absolute Gasteiger partial charge is 0.494 e. The molecule has 0 aliphatic rings. The third-order valence-corrected chi connectivity index (χ3v) is 2.99. The van der Waals surface area contributed by atoms with E-state index in [1.165, 1.54) is 12.7 Å². The predicted octanol–water partition coefficient (Wildman–Crippen LogP) is 3.88. The number of hydrogen-bond acceptors (Lipinski definition) is 3. The average molecular weight is 285 g/mol. The van der Waals surface area contributed by atoms with Crippen molar-refractivity contribution < 1.29 is 14.3 Å². The zero-order valence-corrected chi connectivity index (χ0v) is 12.0. The second-order valence-electron chi connectivity index (χ2n) is 4.58. The Morgan fingerprint density at radius 2 is 1.90 bits per heavy atom. The van der Waals surface area contributed by atoms with Crippen molar-refractivity contribution in [3.63, 3.8) is 0 Å². The first-order valence-corrected chi connectivity index (χ1v) is 6.89. The lowest BCUT2D eigenvalue weighted by atomic mass is 10.1. The number of amides is 1. The summed E-state index contributed by atoms with van der Waals surface area (Å²) >= 11 is 0. The van der Waals surface area contributed by atoms with Crippen LogP contribution in [0.4, 0.5) is 10.5 Å². The first kappa shape index (κ1) is 14.9. The van der Waals surface area contributed by atoms with Crippen LogP contribution in [0.15, 0.2) is 54.6 Å². The molecule has 0 heterocycles. The molecule has 1 N–H and O–H groups in total. The second-order valence-corrected chi connectivity index (χ2v) is 4.58. The number of carbonyl (C=O) groups is 1. The van der Waals surface area contributed by atoms with Gasteiger partial charge in [-0.15, -0.1) is 0 Å². The van der Waals surface area contributed by atoms with Gasteiger partial charge in [0.15, 0.2) is 0 Å². The van der Waals surface area contributed by atoms with Gasteiger partial charge in [0.1, 0.15) is 5.75 Å². The molecule has 110 valence electrons. The van der Waals surface area contributed by atoms with Crippen LogP contribution in [0, 0.1) is 0 Å². The topological polar surface area (TPSA) is 47.6 Å². The van der Waals surface area contributed by atoms with Crippen LogP contribution < -0.4 is 10.1 Å². The molecule has 0 aromatic heterocycles. The van der Waals surface area contributed by atoms with Crippen molar-refractivity contribution in [2.24, 2.45) is 0 Å². The summed E-state index contributed by atoms with van der Waals surface area (Å²) in [5, 5.41) is 2.61. The fourth-order valence-corrected chi connectivity index (χ4v) is 1.94. The molecule has 0 radical (unpaired) electrons. The third-order valence-electron chi connectivity index (χ3n) is 2.99. The number of aryl methyl sites for hydroxylation is 1. The number of carbonyl (C=O) groups excluding carboxylic acids is 1. The Labute approximate surface area is 124 Å². The van der Waals surface area contributed by atoms with Crippen LogP contribution in [-0.2, 0) is 11.2 Å². The van der Waals surface area contributed by atoms with Gasteiger partial charge in [0, 0.05) is 11.8 Å². The van der Waals surface area contributed by atoms with Gasteiger partial charge in [-0.25, -0.2) is 4.79 Å². The third kappa shape index (κ3) is 5.18. The minimum Gasteiger partial charge on any atom is -0.494 e. The molecule has 2 aromatic rings. The highest BCUT2D eigenvalue weighted by Gasteiger charge is 2.02. The molecule has 4 nitrogen and oxygen atoms in total. The van der Waals surface area contributed by atoms with Gasteiger partial charge in [0.2, 0.25) is 0 Å². The molecule has 0 aliphatic heterocycles. The van der Waals surface area contributed by atoms with E-state index < -0.39 is 6.09 Å². The summed E-state index contributed by atoms with van der Waals surface area (Å²) in [7, 11) is 1.33. The zero-order chi connectivity index (χ0) is 14.9. The maximum Gasteiger partial charge on any atom is 0.411 e. The molecule has 0 bridgehead atoms. The van der Waals surface area contributed by atoms with E-state index in [0.717, 1.165) is 18.6 Å². The monoisotopic (exact) mass is 285 g/mol. The summed E-state index contributed by atoms with van der Waals surface area (Å²) in [6, 6.07) is 17.6. The minimum absolute atomic E-state index is 0.490. The van der Waals surface area contributed by atoms with Crippen LogP contribution in [0.3, 0.4) is 0 Å². The number of hydrogen-bond donors (Lipinski definition) is 1. The lowest BCUT2D eigenvalue weighted by Crippen LogP contribution is -2.10. The lowest BCUT2D eigenvalue weighted by molar-refractivity contribution is 0.187. The Kier molecular flexibility index (Phi) is 5.64. The molecule has 0 spiro atoms. The number of nitrogens with one attached hydrogen (secondary N) is 1. The number of benzene rings is 2. The molecule has 2 aromatic carbocycles. The molecule has 0 saturated heterocycles. The Bertz CT molecular complexity index is 569. The fourth-order valence-electron chi connectivity index (χ4n) is 1.94. The minimum atomic E-state index is -0.490. The molecule has 2 rings (SSSR count). The Hall–Kier alpha value is -2.49. The standard InChI is InChI=1S/C17H19NO3/c1-20-17(19)18-15-10-5-11-16(13-15)21-12-6-9-14-7-3-2-4-8-14/h2-5,7-8,10-11,13H,6,9,12H2,1H3,(H,18,19). The van der Waals surface area contributed by atoms with Gasteiger partial charge in [-0.05, 0) is 30.5 Å². The molecular formula is C17H19NO3. The predicted molar refractivity (Wildman–Crippen MR) is 82.7 cm³/mol. The molecule has 4 heteroatoms. The quantitative estimate of drug-likeness (QED) is 0.819. The van der Waals surface area contributed by atoms with Gasteiger partial charge < -0.3 is 9.47 Å². The van der Waals surface area contributed by atoms with Gasteiger partial charge >= 0.3 is 6.09 Å². The maximum absolute atomic E-state index is 11.1. The molecule has 0 aliphatic carbocycles. The van der Waals surface area contributed by atoms with Crippen molar-refractivity contribution in [2.45, 2.75) is 12.8 Å². The molecule has 0 unspecified atom stereocenters. The molecule has 0 fully saturated rings. The van der Waals surface area contributed by atoms with E-state index in [2.05, 4.69) is 22.2 Å². The van der Waals surface area contributed by atoms with Crippen molar-refractivity contribution in [2.75, 3.05) is 19.0 Å². The van der Waals surface area contributed by atoms with Crippen LogP contribution in [0.1, 0.15) is 12.0 Å². The maximum atomic E-state index is 11.1. The zero-order valence-electron chi connectivity index (χ0n) is 12.0. The molecule has 1 amide bonds. The van der Waals surface area contributed by atoms with Crippen molar-refractivity contribution in [1.29, 1.82) is 0 Å². The van der Waals surface area contributed by atoms with Crippen LogP contribution >= 0.6 is 0 Å². The first-order chi connectivity index (χ1) is 10.3. The van der Waals surface area contributed by atoms with E-state index in [0.29, 0.717) is 12.3 Å². The van der Waals surface area contributed by atoms with E-state index in [1.807, 2.05) is 30.3 Å². The summed E-state index contributed by atoms with van der Waals surface area (Å²) in [4.78, 5) is 11.1. The van der Waals surface area contributed by atoms with E-state index in [1.54, 1.807) is 12.1 Å². The van der Waals surface area contributed by atoms with Crippen LogP contribution in [0.2, 0.25) is 0 Å². The van der Waals surface area contributed by atoms with Crippen molar-refractivity contribution in [3.8, 4) is 5.75 Å². The SMILES string of the molecule is COC(=O)Nc1cccc(OCCCc2ccccc2)c1. The Morgan fingerprint density at radius 3 is 2.67 bits per heavy atom. The van der Waals surface area contributed by atoms with E-state index >= 15 is 0 Å². The molecule has 21 heavy (non-hydrogen) atoms. The normalized spacial score (nSPS) is 9.95. The summed E-state index contributed by atoms with van der Waals surface area (Å²) in [5.41, 5.74) is 1.96. The van der Waals surface area contributed by atoms with E-state index in [4.69, 9.17) is 4.74 Å². The smallest absolute Gasteiger partial charge is 0.411 e. The van der Waals surface area contributed by atoms with Crippen LogP contribution in [0.25, 0.3) is 0 Å². The second kappa shape index (κ2) is 7.94. The number of anilines is 1. The van der Waals surface area contributed by atoms with E-state index in [9.17, 15) is 4.79 Å². The van der Waals surface area contributed by atoms with Crippen molar-refractivity contribution >= 4 is 11.8 Å². The Morgan fingerprint density at radius 1 is 1.10 bits per heavy atom. The van der Waals surface area contributed by atoms with Gasteiger partial charge in [-0.1, -0.05) is 36.4 Å². The number of methoxy groups -OCH3 is 1. The van der Waals surface area contributed by atoms with Gasteiger partial charge in [0.05, 0.1) is 13.7 Å². The number of rotatable bonds is 6. The van der Waals surface area contributed by atoms with Crippen molar-refractivity contribution in [1.82, 2.24) is 0 Å². The average Bonchev–Trinajstić information content (AvgIpc) is 2.53. The fraction of sp³-hybridized carbons (Fsp3) is 0.235. The summed E-state index contributed by atoms with van der Waals surface area (Å²) in [6.45, 7) is 0.635. The molecular weight excluding hydrogens is 266 g/mol. The Balaban J connectivity index is 1.78.